The van der Waals surface area contributed by atoms with Crippen LogP contribution in [0.5, 0.6) is 0 Å². The Balaban J connectivity index is 2.46. The van der Waals surface area contributed by atoms with Crippen molar-refractivity contribution in [1.82, 2.24) is 9.78 Å². The maximum absolute atomic E-state index is 12.5. The van der Waals surface area contributed by atoms with E-state index in [1.165, 1.54) is 6.07 Å². The fourth-order valence-electron chi connectivity index (χ4n) is 1.54. The zero-order chi connectivity index (χ0) is 13.3. The molecule has 0 saturated carbocycles. The number of aliphatic hydroxyl groups is 1. The van der Waals surface area contributed by atoms with Gasteiger partial charge in [0.2, 0.25) is 0 Å². The van der Waals surface area contributed by atoms with Crippen LogP contribution in [0.4, 0.5) is 18.9 Å². The molecule has 96 valence electrons. The topological polar surface area (TPSA) is 64.1 Å². The van der Waals surface area contributed by atoms with Gasteiger partial charge in [-0.05, 0) is 17.7 Å². The third kappa shape index (κ3) is 2.30. The van der Waals surface area contributed by atoms with E-state index >= 15 is 0 Å². The van der Waals surface area contributed by atoms with E-state index in [2.05, 4.69) is 5.10 Å². The maximum Gasteiger partial charge on any atom is 0.437 e. The molecule has 0 aliphatic heterocycles. The van der Waals surface area contributed by atoms with E-state index in [0.717, 1.165) is 10.9 Å². The molecule has 1 aromatic heterocycles. The zero-order valence-electron chi connectivity index (χ0n) is 9.15. The minimum absolute atomic E-state index is 0.198. The van der Waals surface area contributed by atoms with Gasteiger partial charge in [0.15, 0.2) is 5.69 Å². The fraction of sp³-hybridized carbons (Fsp3) is 0.182. The maximum atomic E-state index is 12.5. The number of benzene rings is 1. The molecule has 0 bridgehead atoms. The Labute approximate surface area is 100 Å². The van der Waals surface area contributed by atoms with Crippen molar-refractivity contribution in [2.45, 2.75) is 12.8 Å². The largest absolute Gasteiger partial charge is 0.437 e. The van der Waals surface area contributed by atoms with Crippen molar-refractivity contribution in [3.63, 3.8) is 0 Å². The molecule has 2 rings (SSSR count). The number of nitrogens with two attached hydrogens (primary N) is 1. The Hall–Kier alpha value is -2.02. The fourth-order valence-corrected chi connectivity index (χ4v) is 1.54. The molecule has 0 saturated heterocycles. The summed E-state index contributed by atoms with van der Waals surface area (Å²) in [7, 11) is 0. The summed E-state index contributed by atoms with van der Waals surface area (Å²) in [5, 5.41) is 12.4. The summed E-state index contributed by atoms with van der Waals surface area (Å²) in [5.41, 5.74) is 4.72. The highest BCUT2D eigenvalue weighted by Gasteiger charge is 2.36. The first-order valence-corrected chi connectivity index (χ1v) is 5.04. The SMILES string of the molecule is Nc1cn(-c2cccc(CO)c2)nc1C(F)(F)F. The number of nitrogens with zero attached hydrogens (tertiary/aromatic N) is 2. The van der Waals surface area contributed by atoms with Crippen molar-refractivity contribution >= 4 is 5.69 Å². The van der Waals surface area contributed by atoms with Crippen molar-refractivity contribution in [3.05, 3.63) is 41.7 Å². The Morgan fingerprint density at radius 2 is 2.06 bits per heavy atom. The smallest absolute Gasteiger partial charge is 0.396 e. The van der Waals surface area contributed by atoms with Gasteiger partial charge in [-0.3, -0.25) is 0 Å². The third-order valence-corrected chi connectivity index (χ3v) is 2.37. The van der Waals surface area contributed by atoms with Gasteiger partial charge in [-0.2, -0.15) is 18.3 Å². The predicted octanol–water partition coefficient (Wildman–Crippen LogP) is 1.97. The summed E-state index contributed by atoms with van der Waals surface area (Å²) in [5.74, 6) is 0. The average Bonchev–Trinajstić information content (AvgIpc) is 2.71. The number of alkyl halides is 3. The number of aliphatic hydroxyl groups excluding tert-OH is 1. The van der Waals surface area contributed by atoms with E-state index in [-0.39, 0.29) is 6.61 Å². The van der Waals surface area contributed by atoms with E-state index in [1.807, 2.05) is 0 Å². The molecule has 18 heavy (non-hydrogen) atoms. The molecule has 3 N–H and O–H groups in total. The van der Waals surface area contributed by atoms with Crippen LogP contribution in [0.15, 0.2) is 30.5 Å². The third-order valence-electron chi connectivity index (χ3n) is 2.37. The van der Waals surface area contributed by atoms with Crippen LogP contribution < -0.4 is 5.73 Å². The second-order valence-corrected chi connectivity index (χ2v) is 3.70. The molecular formula is C11H10F3N3O. The van der Waals surface area contributed by atoms with Crippen molar-refractivity contribution in [2.24, 2.45) is 0 Å². The number of rotatable bonds is 2. The van der Waals surface area contributed by atoms with Crippen LogP contribution in [-0.4, -0.2) is 14.9 Å². The second kappa shape index (κ2) is 4.34. The highest BCUT2D eigenvalue weighted by molar-refractivity contribution is 5.46. The average molecular weight is 257 g/mol. The van der Waals surface area contributed by atoms with Crippen LogP contribution >= 0.6 is 0 Å². The minimum Gasteiger partial charge on any atom is -0.396 e. The molecule has 0 radical (unpaired) electrons. The molecule has 0 unspecified atom stereocenters. The van der Waals surface area contributed by atoms with E-state index in [0.29, 0.717) is 11.3 Å². The Morgan fingerprint density at radius 1 is 1.33 bits per heavy atom. The minimum atomic E-state index is -4.58. The first-order chi connectivity index (χ1) is 8.41. The van der Waals surface area contributed by atoms with Gasteiger partial charge in [0.1, 0.15) is 0 Å². The molecule has 0 aliphatic rings. The van der Waals surface area contributed by atoms with Crippen LogP contribution in [0.25, 0.3) is 5.69 Å². The highest BCUT2D eigenvalue weighted by atomic mass is 19.4. The lowest BCUT2D eigenvalue weighted by Crippen LogP contribution is -2.09. The molecule has 0 fully saturated rings. The van der Waals surface area contributed by atoms with Gasteiger partial charge in [0.05, 0.1) is 24.2 Å². The van der Waals surface area contributed by atoms with Gasteiger partial charge in [-0.25, -0.2) is 4.68 Å². The number of anilines is 1. The Bertz CT molecular complexity index is 563. The lowest BCUT2D eigenvalue weighted by molar-refractivity contribution is -0.140. The number of hydrogen-bond donors (Lipinski definition) is 2. The Kier molecular flexibility index (Phi) is 3.00. The molecule has 2 aromatic rings. The molecule has 0 aliphatic carbocycles. The van der Waals surface area contributed by atoms with Gasteiger partial charge in [-0.1, -0.05) is 12.1 Å². The molecular weight excluding hydrogens is 247 g/mol. The van der Waals surface area contributed by atoms with Gasteiger partial charge < -0.3 is 10.8 Å². The van der Waals surface area contributed by atoms with Gasteiger partial charge in [-0.15, -0.1) is 0 Å². The Morgan fingerprint density at radius 3 is 2.61 bits per heavy atom. The van der Waals surface area contributed by atoms with Crippen LogP contribution in [-0.2, 0) is 12.8 Å². The van der Waals surface area contributed by atoms with Crippen molar-refractivity contribution < 1.29 is 18.3 Å². The molecule has 0 atom stereocenters. The van der Waals surface area contributed by atoms with Gasteiger partial charge in [0.25, 0.3) is 0 Å². The lowest BCUT2D eigenvalue weighted by Gasteiger charge is -2.04. The normalized spacial score (nSPS) is 11.8. The molecule has 0 spiro atoms. The summed E-state index contributed by atoms with van der Waals surface area (Å²) in [6.45, 7) is -0.198. The van der Waals surface area contributed by atoms with Gasteiger partial charge in [0, 0.05) is 0 Å². The zero-order valence-corrected chi connectivity index (χ0v) is 9.15. The molecule has 1 aromatic carbocycles. The first-order valence-electron chi connectivity index (χ1n) is 5.04. The van der Waals surface area contributed by atoms with E-state index in [9.17, 15) is 13.2 Å². The van der Waals surface area contributed by atoms with Crippen LogP contribution in [0.1, 0.15) is 11.3 Å². The van der Waals surface area contributed by atoms with E-state index in [1.54, 1.807) is 18.2 Å². The summed E-state index contributed by atoms with van der Waals surface area (Å²) < 4.78 is 38.6. The molecule has 0 amide bonds. The summed E-state index contributed by atoms with van der Waals surface area (Å²) in [4.78, 5) is 0. The van der Waals surface area contributed by atoms with E-state index in [4.69, 9.17) is 10.8 Å². The molecule has 7 heteroatoms. The monoisotopic (exact) mass is 257 g/mol. The molecule has 4 nitrogen and oxygen atoms in total. The second-order valence-electron chi connectivity index (χ2n) is 3.70. The van der Waals surface area contributed by atoms with E-state index < -0.39 is 17.6 Å². The van der Waals surface area contributed by atoms with Crippen LogP contribution in [0.2, 0.25) is 0 Å². The number of halogens is 3. The summed E-state index contributed by atoms with van der Waals surface area (Å²) in [6.07, 6.45) is -3.48. The van der Waals surface area contributed by atoms with Crippen molar-refractivity contribution in [3.8, 4) is 5.69 Å². The number of hydrogen-bond acceptors (Lipinski definition) is 3. The van der Waals surface area contributed by atoms with Gasteiger partial charge >= 0.3 is 6.18 Å². The quantitative estimate of drug-likeness (QED) is 0.864. The standard InChI is InChI=1S/C11H10F3N3O/c12-11(13,14)10-9(15)5-17(16-10)8-3-1-2-7(4-8)6-18/h1-5,18H,6,15H2. The van der Waals surface area contributed by atoms with Crippen molar-refractivity contribution in [1.29, 1.82) is 0 Å². The lowest BCUT2D eigenvalue weighted by atomic mass is 10.2. The number of aromatic nitrogens is 2. The first kappa shape index (κ1) is 12.4. The predicted molar refractivity (Wildman–Crippen MR) is 58.9 cm³/mol. The van der Waals surface area contributed by atoms with Crippen LogP contribution in [0.3, 0.4) is 0 Å². The highest BCUT2D eigenvalue weighted by Crippen LogP contribution is 2.32. The summed E-state index contributed by atoms with van der Waals surface area (Å²) in [6, 6.07) is 6.38. The van der Waals surface area contributed by atoms with Crippen LogP contribution in [0, 0.1) is 0 Å². The summed E-state index contributed by atoms with van der Waals surface area (Å²) >= 11 is 0. The van der Waals surface area contributed by atoms with Crippen molar-refractivity contribution in [2.75, 3.05) is 5.73 Å². The number of nitrogen functional groups attached to an aromatic ring is 1. The molecule has 1 heterocycles.